The van der Waals surface area contributed by atoms with Gasteiger partial charge in [-0.05, 0) is 75.1 Å². The fourth-order valence-corrected chi connectivity index (χ4v) is 5.06. The maximum atomic E-state index is 13.6. The van der Waals surface area contributed by atoms with Gasteiger partial charge < -0.3 is 19.8 Å². The van der Waals surface area contributed by atoms with Crippen molar-refractivity contribution in [1.29, 1.82) is 0 Å². The normalized spacial score (nSPS) is 11.6. The summed E-state index contributed by atoms with van der Waals surface area (Å²) in [5, 5.41) is 14.5. The minimum atomic E-state index is -1.04. The number of anilines is 1. The number of unbranched alkanes of at least 4 members (excludes halogenated alkanes) is 1. The fraction of sp³-hybridized carbons (Fsp3) is 0.438. The first-order valence-electron chi connectivity index (χ1n) is 13.7. The van der Waals surface area contributed by atoms with Gasteiger partial charge in [0, 0.05) is 47.3 Å². The average molecular weight is 525 g/mol. The molecule has 2 aromatic carbocycles. The van der Waals surface area contributed by atoms with Crippen LogP contribution in [0, 0.1) is 0 Å². The summed E-state index contributed by atoms with van der Waals surface area (Å²) >= 11 is 0. The molecule has 0 bridgehead atoms. The Kier molecular flexibility index (Phi) is 13.9. The predicted molar refractivity (Wildman–Crippen MR) is 149 cm³/mol. The summed E-state index contributed by atoms with van der Waals surface area (Å²) in [7, 11) is 1.95. The standard InChI is InChI=1S/C32H42N2O3.Na/c1-4-6-17-26(18-10-15-24-13-8-7-9-14-24)33-27-19-11-16-25(22-27)32(37)29-23-28(20-12-21-31(35)36)34(3)30(29)5-2;/h7-9,11,13-14,16,19,22-23,26,33H,4-6,10,12,15,17-18,20-21H2,1-3H3,(H,35,36);/q;+1/p-1. The Labute approximate surface area is 250 Å². The number of carboxylic acids is 1. The van der Waals surface area contributed by atoms with Crippen LogP contribution in [0.5, 0.6) is 0 Å². The van der Waals surface area contributed by atoms with Crippen LogP contribution in [0.3, 0.4) is 0 Å². The Morgan fingerprint density at radius 3 is 2.34 bits per heavy atom. The van der Waals surface area contributed by atoms with E-state index in [4.69, 9.17) is 0 Å². The van der Waals surface area contributed by atoms with Crippen molar-refractivity contribution < 1.29 is 44.3 Å². The topological polar surface area (TPSA) is 74.2 Å². The maximum absolute atomic E-state index is 13.6. The molecular weight excluding hydrogens is 483 g/mol. The summed E-state index contributed by atoms with van der Waals surface area (Å²) < 4.78 is 2.04. The molecule has 6 heteroatoms. The molecule has 5 nitrogen and oxygen atoms in total. The van der Waals surface area contributed by atoms with E-state index in [1.807, 2.05) is 48.9 Å². The predicted octanol–water partition coefficient (Wildman–Crippen LogP) is 2.89. The number of aliphatic carboxylic acids is 1. The van der Waals surface area contributed by atoms with Gasteiger partial charge in [-0.1, -0.05) is 69.2 Å². The number of ketones is 1. The summed E-state index contributed by atoms with van der Waals surface area (Å²) in [6, 6.07) is 20.8. The molecule has 0 aliphatic rings. The maximum Gasteiger partial charge on any atom is 1.00 e. The number of aryl methyl sites for hydroxylation is 2. The average Bonchev–Trinajstić information content (AvgIpc) is 3.22. The molecule has 1 heterocycles. The number of carbonyl (C=O) groups is 2. The Bertz CT molecular complexity index is 1160. The molecule has 0 amide bonds. The molecule has 0 spiro atoms. The molecule has 3 rings (SSSR count). The zero-order valence-electron chi connectivity index (χ0n) is 23.6. The number of rotatable bonds is 16. The second-order valence-corrected chi connectivity index (χ2v) is 9.91. The fourth-order valence-electron chi connectivity index (χ4n) is 5.06. The second-order valence-electron chi connectivity index (χ2n) is 9.91. The molecule has 198 valence electrons. The Balaban J connectivity index is 0.00000507. The van der Waals surface area contributed by atoms with Gasteiger partial charge >= 0.3 is 29.6 Å². The summed E-state index contributed by atoms with van der Waals surface area (Å²) in [5.41, 5.74) is 5.69. The van der Waals surface area contributed by atoms with Crippen molar-refractivity contribution in [2.75, 3.05) is 5.32 Å². The molecule has 38 heavy (non-hydrogen) atoms. The molecule has 1 atom stereocenters. The number of nitrogens with zero attached hydrogens (tertiary/aromatic N) is 1. The van der Waals surface area contributed by atoms with Crippen LogP contribution in [0.25, 0.3) is 0 Å². The van der Waals surface area contributed by atoms with Crippen LogP contribution in [0.15, 0.2) is 60.7 Å². The minimum Gasteiger partial charge on any atom is -0.550 e. The zero-order chi connectivity index (χ0) is 26.6. The van der Waals surface area contributed by atoms with Crippen LogP contribution >= 0.6 is 0 Å². The molecule has 1 unspecified atom stereocenters. The minimum absolute atomic E-state index is 0. The van der Waals surface area contributed by atoms with Crippen molar-refractivity contribution in [3.05, 3.63) is 88.7 Å². The molecule has 0 radical (unpaired) electrons. The van der Waals surface area contributed by atoms with Crippen molar-refractivity contribution in [3.8, 4) is 0 Å². The van der Waals surface area contributed by atoms with E-state index >= 15 is 0 Å². The quantitative estimate of drug-likeness (QED) is 0.231. The van der Waals surface area contributed by atoms with Crippen LogP contribution in [0.1, 0.15) is 91.7 Å². The number of carbonyl (C=O) groups excluding carboxylic acids is 2. The third-order valence-electron chi connectivity index (χ3n) is 7.11. The van der Waals surface area contributed by atoms with E-state index in [0.717, 1.165) is 55.6 Å². The number of nitrogens with one attached hydrogen (secondary N) is 1. The van der Waals surface area contributed by atoms with Crippen molar-refractivity contribution in [2.24, 2.45) is 7.05 Å². The van der Waals surface area contributed by atoms with Gasteiger partial charge in [-0.25, -0.2) is 0 Å². The molecular formula is C32H41N2NaO3. The van der Waals surface area contributed by atoms with E-state index in [2.05, 4.69) is 42.6 Å². The van der Waals surface area contributed by atoms with Gasteiger partial charge in [0.05, 0.1) is 0 Å². The Morgan fingerprint density at radius 1 is 0.921 bits per heavy atom. The summed E-state index contributed by atoms with van der Waals surface area (Å²) in [5.74, 6) is -1.03. The largest absolute Gasteiger partial charge is 1.00 e. The van der Waals surface area contributed by atoms with Crippen molar-refractivity contribution in [3.63, 3.8) is 0 Å². The second kappa shape index (κ2) is 16.6. The Hall–Kier alpha value is -2.34. The number of hydrogen-bond donors (Lipinski definition) is 1. The Morgan fingerprint density at radius 2 is 1.66 bits per heavy atom. The monoisotopic (exact) mass is 524 g/mol. The molecule has 3 aromatic rings. The van der Waals surface area contributed by atoms with Crippen LogP contribution < -0.4 is 40.0 Å². The van der Waals surface area contributed by atoms with Gasteiger partial charge in [-0.3, -0.25) is 4.79 Å². The molecule has 0 saturated carbocycles. The molecule has 0 aliphatic carbocycles. The van der Waals surface area contributed by atoms with Gasteiger partial charge in [0.1, 0.15) is 0 Å². The molecule has 1 N–H and O–H groups in total. The third kappa shape index (κ3) is 9.44. The van der Waals surface area contributed by atoms with Gasteiger partial charge in [0.15, 0.2) is 5.78 Å². The van der Waals surface area contributed by atoms with E-state index in [-0.39, 0.29) is 41.8 Å². The third-order valence-corrected chi connectivity index (χ3v) is 7.11. The van der Waals surface area contributed by atoms with Gasteiger partial charge in [0.25, 0.3) is 0 Å². The smallest absolute Gasteiger partial charge is 0.550 e. The van der Waals surface area contributed by atoms with Crippen LogP contribution in [-0.2, 0) is 31.1 Å². The van der Waals surface area contributed by atoms with Gasteiger partial charge in [-0.2, -0.15) is 0 Å². The molecule has 0 saturated heterocycles. The molecule has 0 fully saturated rings. The molecule has 0 aliphatic heterocycles. The first kappa shape index (κ1) is 31.9. The van der Waals surface area contributed by atoms with Crippen LogP contribution in [0.2, 0.25) is 0 Å². The first-order chi connectivity index (χ1) is 17.9. The summed E-state index contributed by atoms with van der Waals surface area (Å²) in [6.07, 6.45) is 8.58. The van der Waals surface area contributed by atoms with Gasteiger partial charge in [-0.15, -0.1) is 0 Å². The van der Waals surface area contributed by atoms with E-state index in [0.29, 0.717) is 30.0 Å². The van der Waals surface area contributed by atoms with E-state index < -0.39 is 5.97 Å². The van der Waals surface area contributed by atoms with E-state index in [1.165, 1.54) is 12.0 Å². The summed E-state index contributed by atoms with van der Waals surface area (Å²) in [4.78, 5) is 24.4. The van der Waals surface area contributed by atoms with Crippen molar-refractivity contribution in [1.82, 2.24) is 4.57 Å². The SMILES string of the molecule is CCCCC(CCCc1ccccc1)Nc1cccc(C(=O)c2cc(CCCC(=O)[O-])n(C)c2CC)c1.[Na+]. The first-order valence-corrected chi connectivity index (χ1v) is 13.7. The number of benzene rings is 2. The number of aromatic nitrogens is 1. The summed E-state index contributed by atoms with van der Waals surface area (Å²) in [6.45, 7) is 4.27. The number of hydrogen-bond acceptors (Lipinski definition) is 4. The van der Waals surface area contributed by atoms with Crippen molar-refractivity contribution >= 4 is 17.4 Å². The van der Waals surface area contributed by atoms with E-state index in [1.54, 1.807) is 0 Å². The van der Waals surface area contributed by atoms with Gasteiger partial charge in [0.2, 0.25) is 0 Å². The van der Waals surface area contributed by atoms with Crippen molar-refractivity contribution in [2.45, 2.75) is 84.1 Å². The van der Waals surface area contributed by atoms with Crippen LogP contribution in [-0.4, -0.2) is 22.4 Å². The zero-order valence-corrected chi connectivity index (χ0v) is 25.6. The van der Waals surface area contributed by atoms with E-state index in [9.17, 15) is 14.7 Å². The molecule has 1 aromatic heterocycles. The number of carboxylic acid groups (broad SMARTS) is 1. The van der Waals surface area contributed by atoms with Crippen LogP contribution in [0.4, 0.5) is 5.69 Å².